The average Bonchev–Trinajstić information content (AvgIpc) is 2.75. The van der Waals surface area contributed by atoms with Crippen molar-refractivity contribution in [2.75, 3.05) is 20.2 Å². The SMILES string of the molecule is CCOC(=O)C1=C(CN(C)C2CCCCCC2)NC(=O)NC1C. The van der Waals surface area contributed by atoms with Gasteiger partial charge in [-0.3, -0.25) is 4.90 Å². The lowest BCUT2D eigenvalue weighted by molar-refractivity contribution is -0.139. The Morgan fingerprint density at radius 3 is 2.52 bits per heavy atom. The summed E-state index contributed by atoms with van der Waals surface area (Å²) >= 11 is 0. The number of hydrogen-bond acceptors (Lipinski definition) is 4. The molecule has 130 valence electrons. The largest absolute Gasteiger partial charge is 0.463 e. The van der Waals surface area contributed by atoms with Crippen LogP contribution in [0.2, 0.25) is 0 Å². The molecule has 23 heavy (non-hydrogen) atoms. The second-order valence-electron chi connectivity index (χ2n) is 6.49. The lowest BCUT2D eigenvalue weighted by Gasteiger charge is -2.32. The molecule has 1 atom stereocenters. The van der Waals surface area contributed by atoms with Crippen LogP contribution in [-0.4, -0.2) is 49.2 Å². The number of nitrogens with zero attached hydrogens (tertiary/aromatic N) is 1. The Morgan fingerprint density at radius 1 is 1.26 bits per heavy atom. The monoisotopic (exact) mass is 323 g/mol. The zero-order chi connectivity index (χ0) is 16.8. The molecule has 0 aromatic heterocycles. The molecule has 6 heteroatoms. The van der Waals surface area contributed by atoms with E-state index in [1.165, 1.54) is 38.5 Å². The fourth-order valence-corrected chi connectivity index (χ4v) is 3.48. The summed E-state index contributed by atoms with van der Waals surface area (Å²) in [5.74, 6) is -0.350. The highest BCUT2D eigenvalue weighted by molar-refractivity contribution is 5.94. The minimum Gasteiger partial charge on any atom is -0.463 e. The number of esters is 1. The zero-order valence-electron chi connectivity index (χ0n) is 14.5. The van der Waals surface area contributed by atoms with E-state index in [0.29, 0.717) is 30.5 Å². The molecular weight excluding hydrogens is 294 g/mol. The van der Waals surface area contributed by atoms with Crippen LogP contribution in [0, 0.1) is 0 Å². The second-order valence-corrected chi connectivity index (χ2v) is 6.49. The van der Waals surface area contributed by atoms with Crippen molar-refractivity contribution in [3.8, 4) is 0 Å². The first-order valence-corrected chi connectivity index (χ1v) is 8.70. The first kappa shape index (κ1) is 17.8. The Morgan fingerprint density at radius 2 is 1.91 bits per heavy atom. The quantitative estimate of drug-likeness (QED) is 0.601. The van der Waals surface area contributed by atoms with E-state index in [0.717, 1.165) is 0 Å². The third kappa shape index (κ3) is 4.70. The topological polar surface area (TPSA) is 70.7 Å². The number of urea groups is 1. The summed E-state index contributed by atoms with van der Waals surface area (Å²) < 4.78 is 5.16. The molecule has 0 aromatic rings. The van der Waals surface area contributed by atoms with E-state index in [9.17, 15) is 9.59 Å². The number of hydrogen-bond donors (Lipinski definition) is 2. The Kier molecular flexibility index (Phi) is 6.45. The van der Waals surface area contributed by atoms with Gasteiger partial charge in [0.2, 0.25) is 0 Å². The van der Waals surface area contributed by atoms with Gasteiger partial charge in [-0.1, -0.05) is 25.7 Å². The van der Waals surface area contributed by atoms with Crippen LogP contribution >= 0.6 is 0 Å². The fourth-order valence-electron chi connectivity index (χ4n) is 3.48. The Bertz CT molecular complexity index is 468. The van der Waals surface area contributed by atoms with Crippen LogP contribution in [0.1, 0.15) is 52.4 Å². The van der Waals surface area contributed by atoms with E-state index in [2.05, 4.69) is 22.6 Å². The molecule has 1 heterocycles. The molecule has 1 aliphatic heterocycles. The molecule has 2 N–H and O–H groups in total. The average molecular weight is 323 g/mol. The van der Waals surface area contributed by atoms with Gasteiger partial charge in [0, 0.05) is 18.3 Å². The van der Waals surface area contributed by atoms with Gasteiger partial charge in [0.1, 0.15) is 0 Å². The molecule has 1 saturated carbocycles. The van der Waals surface area contributed by atoms with Crippen LogP contribution in [-0.2, 0) is 9.53 Å². The molecule has 2 rings (SSSR count). The first-order chi connectivity index (χ1) is 11.0. The van der Waals surface area contributed by atoms with Crippen LogP contribution < -0.4 is 10.6 Å². The van der Waals surface area contributed by atoms with E-state index in [1.807, 2.05) is 6.92 Å². The number of nitrogens with one attached hydrogen (secondary N) is 2. The van der Waals surface area contributed by atoms with Gasteiger partial charge in [-0.25, -0.2) is 9.59 Å². The van der Waals surface area contributed by atoms with Gasteiger partial charge in [-0.2, -0.15) is 0 Å². The van der Waals surface area contributed by atoms with Gasteiger partial charge in [0.25, 0.3) is 0 Å². The van der Waals surface area contributed by atoms with Gasteiger partial charge in [-0.05, 0) is 33.7 Å². The number of carbonyl (C=O) groups is 2. The van der Waals surface area contributed by atoms with E-state index in [-0.39, 0.29) is 18.0 Å². The summed E-state index contributed by atoms with van der Waals surface area (Å²) in [6, 6.07) is -0.0781. The summed E-state index contributed by atoms with van der Waals surface area (Å²) in [4.78, 5) is 26.3. The van der Waals surface area contributed by atoms with Crippen molar-refractivity contribution in [3.05, 3.63) is 11.3 Å². The summed E-state index contributed by atoms with van der Waals surface area (Å²) in [6.07, 6.45) is 7.48. The number of rotatable bonds is 5. The lowest BCUT2D eigenvalue weighted by Crippen LogP contribution is -2.51. The molecule has 0 radical (unpaired) electrons. The molecular formula is C17H29N3O3. The number of ether oxygens (including phenoxy) is 1. The van der Waals surface area contributed by atoms with Crippen LogP contribution in [0.25, 0.3) is 0 Å². The molecule has 0 bridgehead atoms. The van der Waals surface area contributed by atoms with E-state index in [4.69, 9.17) is 4.74 Å². The maximum Gasteiger partial charge on any atom is 0.337 e. The Labute approximate surface area is 138 Å². The van der Waals surface area contributed by atoms with Crippen LogP contribution in [0.5, 0.6) is 0 Å². The molecule has 1 unspecified atom stereocenters. The van der Waals surface area contributed by atoms with E-state index < -0.39 is 0 Å². The molecule has 2 amide bonds. The van der Waals surface area contributed by atoms with Gasteiger partial charge >= 0.3 is 12.0 Å². The third-order valence-corrected chi connectivity index (χ3v) is 4.72. The Hall–Kier alpha value is -1.56. The normalized spacial score (nSPS) is 23.3. The maximum atomic E-state index is 12.2. The highest BCUT2D eigenvalue weighted by Gasteiger charge is 2.31. The van der Waals surface area contributed by atoms with Gasteiger partial charge in [-0.15, -0.1) is 0 Å². The van der Waals surface area contributed by atoms with Crippen molar-refractivity contribution in [1.29, 1.82) is 0 Å². The fraction of sp³-hybridized carbons (Fsp3) is 0.765. The summed E-state index contributed by atoms with van der Waals surface area (Å²) in [5, 5.41) is 5.54. The van der Waals surface area contributed by atoms with Crippen molar-refractivity contribution in [2.24, 2.45) is 0 Å². The highest BCUT2D eigenvalue weighted by Crippen LogP contribution is 2.23. The Balaban J connectivity index is 2.15. The predicted molar refractivity (Wildman–Crippen MR) is 88.9 cm³/mol. The minimum absolute atomic E-state index is 0.255. The molecule has 6 nitrogen and oxygen atoms in total. The first-order valence-electron chi connectivity index (χ1n) is 8.70. The molecule has 2 aliphatic rings. The van der Waals surface area contributed by atoms with Crippen molar-refractivity contribution in [3.63, 3.8) is 0 Å². The molecule has 1 aliphatic carbocycles. The van der Waals surface area contributed by atoms with Gasteiger partial charge < -0.3 is 15.4 Å². The van der Waals surface area contributed by atoms with E-state index >= 15 is 0 Å². The number of likely N-dealkylation sites (N-methyl/N-ethyl adjacent to an activating group) is 1. The van der Waals surface area contributed by atoms with Crippen molar-refractivity contribution in [2.45, 2.75) is 64.5 Å². The third-order valence-electron chi connectivity index (χ3n) is 4.72. The lowest BCUT2D eigenvalue weighted by atomic mass is 10.0. The molecule has 1 fully saturated rings. The second kappa shape index (κ2) is 8.34. The van der Waals surface area contributed by atoms with Crippen LogP contribution in [0.3, 0.4) is 0 Å². The number of amides is 2. The van der Waals surface area contributed by atoms with Gasteiger partial charge in [0.05, 0.1) is 18.2 Å². The molecule has 0 saturated heterocycles. The van der Waals surface area contributed by atoms with Crippen molar-refractivity contribution >= 4 is 12.0 Å². The molecule has 0 spiro atoms. The van der Waals surface area contributed by atoms with Crippen LogP contribution in [0.15, 0.2) is 11.3 Å². The number of carbonyl (C=O) groups excluding carboxylic acids is 2. The maximum absolute atomic E-state index is 12.2. The zero-order valence-corrected chi connectivity index (χ0v) is 14.5. The highest BCUT2D eigenvalue weighted by atomic mass is 16.5. The van der Waals surface area contributed by atoms with Crippen molar-refractivity contribution in [1.82, 2.24) is 15.5 Å². The molecule has 0 aromatic carbocycles. The predicted octanol–water partition coefficient (Wildman–Crippen LogP) is 2.16. The minimum atomic E-state index is -0.350. The standard InChI is InChI=1S/C17H29N3O3/c1-4-23-16(21)15-12(2)18-17(22)19-14(15)11-20(3)13-9-7-5-6-8-10-13/h12-13H,4-11H2,1-3H3,(H2,18,19,22). The summed E-state index contributed by atoms with van der Waals surface area (Å²) in [5.41, 5.74) is 1.21. The van der Waals surface area contributed by atoms with Gasteiger partial charge in [0.15, 0.2) is 0 Å². The van der Waals surface area contributed by atoms with Crippen molar-refractivity contribution < 1.29 is 14.3 Å². The van der Waals surface area contributed by atoms with Crippen LogP contribution in [0.4, 0.5) is 4.79 Å². The summed E-state index contributed by atoms with van der Waals surface area (Å²) in [7, 11) is 2.07. The van der Waals surface area contributed by atoms with E-state index in [1.54, 1.807) is 6.92 Å². The smallest absolute Gasteiger partial charge is 0.337 e. The summed E-state index contributed by atoms with van der Waals surface area (Å²) in [6.45, 7) is 4.50.